The number of benzene rings is 1. The largest absolute Gasteiger partial charge is 0.466 e. The summed E-state index contributed by atoms with van der Waals surface area (Å²) in [5.41, 5.74) is 1.67. The van der Waals surface area contributed by atoms with E-state index in [1.54, 1.807) is 6.07 Å². The summed E-state index contributed by atoms with van der Waals surface area (Å²) in [7, 11) is 0. The molecule has 2 aromatic rings. The molecule has 2 rings (SSSR count). The van der Waals surface area contributed by atoms with E-state index in [0.29, 0.717) is 10.7 Å². The molecule has 1 unspecified atom stereocenters. The van der Waals surface area contributed by atoms with E-state index in [4.69, 9.17) is 16.0 Å². The highest BCUT2D eigenvalue weighted by molar-refractivity contribution is 6.33. The highest BCUT2D eigenvalue weighted by Crippen LogP contribution is 2.31. The molecular weight excluding hydrogens is 280 g/mol. The smallest absolute Gasteiger partial charge is 0.271 e. The first-order valence-corrected chi connectivity index (χ1v) is 6.53. The van der Waals surface area contributed by atoms with Gasteiger partial charge in [0.15, 0.2) is 0 Å². The van der Waals surface area contributed by atoms with Crippen molar-refractivity contribution in [2.75, 3.05) is 5.32 Å². The van der Waals surface area contributed by atoms with Crippen molar-refractivity contribution in [3.05, 3.63) is 56.5 Å². The molecule has 1 heterocycles. The minimum Gasteiger partial charge on any atom is -0.466 e. The fourth-order valence-corrected chi connectivity index (χ4v) is 2.36. The van der Waals surface area contributed by atoms with E-state index in [0.717, 1.165) is 17.1 Å². The highest BCUT2D eigenvalue weighted by Gasteiger charge is 2.15. The fourth-order valence-electron chi connectivity index (χ4n) is 2.13. The lowest BCUT2D eigenvalue weighted by atomic mass is 10.1. The van der Waals surface area contributed by atoms with Gasteiger partial charge in [0.25, 0.3) is 5.69 Å². The number of furan rings is 1. The second kappa shape index (κ2) is 5.54. The average molecular weight is 295 g/mol. The number of rotatable bonds is 4. The molecule has 0 aliphatic heterocycles. The van der Waals surface area contributed by atoms with Gasteiger partial charge in [0.1, 0.15) is 11.5 Å². The molecular formula is C14H15ClN2O3. The third kappa shape index (κ3) is 2.93. The van der Waals surface area contributed by atoms with E-state index >= 15 is 0 Å². The predicted octanol–water partition coefficient (Wildman–Crippen LogP) is 4.63. The lowest BCUT2D eigenvalue weighted by molar-refractivity contribution is -0.384. The Balaban J connectivity index is 2.22. The molecule has 0 radical (unpaired) electrons. The van der Waals surface area contributed by atoms with Gasteiger partial charge >= 0.3 is 0 Å². The SMILES string of the molecule is Cc1cc(C(C)Nc2ccc([N+](=O)[O-])cc2Cl)c(C)o1. The van der Waals surface area contributed by atoms with Crippen molar-refractivity contribution in [3.63, 3.8) is 0 Å². The van der Waals surface area contributed by atoms with Gasteiger partial charge in [0.05, 0.1) is 21.7 Å². The Bertz CT molecular complexity index is 652. The van der Waals surface area contributed by atoms with Crippen LogP contribution in [0.3, 0.4) is 0 Å². The second-order valence-electron chi connectivity index (χ2n) is 4.66. The zero-order valence-electron chi connectivity index (χ0n) is 11.4. The third-order valence-corrected chi connectivity index (χ3v) is 3.39. The molecule has 106 valence electrons. The van der Waals surface area contributed by atoms with Gasteiger partial charge in [0, 0.05) is 17.7 Å². The molecule has 0 aliphatic carbocycles. The number of nitro benzene ring substituents is 1. The first kappa shape index (κ1) is 14.4. The normalized spacial score (nSPS) is 12.2. The number of halogens is 1. The van der Waals surface area contributed by atoms with E-state index in [1.807, 2.05) is 26.8 Å². The molecule has 6 heteroatoms. The lowest BCUT2D eigenvalue weighted by Crippen LogP contribution is -2.07. The van der Waals surface area contributed by atoms with Crippen molar-refractivity contribution in [1.82, 2.24) is 0 Å². The van der Waals surface area contributed by atoms with Gasteiger partial charge in [0.2, 0.25) is 0 Å². The quantitative estimate of drug-likeness (QED) is 0.659. The predicted molar refractivity (Wildman–Crippen MR) is 78.3 cm³/mol. The number of nitrogens with zero attached hydrogens (tertiary/aromatic N) is 1. The van der Waals surface area contributed by atoms with Crippen molar-refractivity contribution < 1.29 is 9.34 Å². The van der Waals surface area contributed by atoms with Crippen molar-refractivity contribution in [1.29, 1.82) is 0 Å². The molecule has 0 spiro atoms. The van der Waals surface area contributed by atoms with Crippen molar-refractivity contribution >= 4 is 23.0 Å². The number of anilines is 1. The minimum absolute atomic E-state index is 0.00796. The number of non-ortho nitro benzene ring substituents is 1. The van der Waals surface area contributed by atoms with Gasteiger partial charge in [-0.2, -0.15) is 0 Å². The van der Waals surface area contributed by atoms with E-state index in [1.165, 1.54) is 12.1 Å². The highest BCUT2D eigenvalue weighted by atomic mass is 35.5. The van der Waals surface area contributed by atoms with Crippen LogP contribution in [0.25, 0.3) is 0 Å². The van der Waals surface area contributed by atoms with Crippen LogP contribution in [0.15, 0.2) is 28.7 Å². The van der Waals surface area contributed by atoms with E-state index in [-0.39, 0.29) is 11.7 Å². The Morgan fingerprint density at radius 2 is 2.05 bits per heavy atom. The average Bonchev–Trinajstić information content (AvgIpc) is 2.70. The molecule has 20 heavy (non-hydrogen) atoms. The number of nitro groups is 1. The van der Waals surface area contributed by atoms with Gasteiger partial charge in [-0.3, -0.25) is 10.1 Å². The molecule has 0 saturated carbocycles. The lowest BCUT2D eigenvalue weighted by Gasteiger charge is -2.15. The van der Waals surface area contributed by atoms with Crippen LogP contribution in [0.1, 0.15) is 30.0 Å². The van der Waals surface area contributed by atoms with Gasteiger partial charge in [-0.15, -0.1) is 0 Å². The fraction of sp³-hybridized carbons (Fsp3) is 0.286. The molecule has 0 amide bonds. The molecule has 0 fully saturated rings. The second-order valence-corrected chi connectivity index (χ2v) is 5.06. The molecule has 0 aliphatic rings. The standard InChI is InChI=1S/C14H15ClN2O3/c1-8-6-12(10(3)20-8)9(2)16-14-5-4-11(17(18)19)7-13(14)15/h4-7,9,16H,1-3H3. The Morgan fingerprint density at radius 3 is 2.55 bits per heavy atom. The Morgan fingerprint density at radius 1 is 1.35 bits per heavy atom. The summed E-state index contributed by atoms with van der Waals surface area (Å²) >= 11 is 6.06. The van der Waals surface area contributed by atoms with Crippen LogP contribution in [0.4, 0.5) is 11.4 Å². The zero-order valence-corrected chi connectivity index (χ0v) is 12.2. The van der Waals surface area contributed by atoms with Crippen LogP contribution in [-0.4, -0.2) is 4.92 Å². The van der Waals surface area contributed by atoms with Gasteiger partial charge < -0.3 is 9.73 Å². The molecule has 5 nitrogen and oxygen atoms in total. The maximum absolute atomic E-state index is 10.7. The number of hydrogen-bond donors (Lipinski definition) is 1. The summed E-state index contributed by atoms with van der Waals surface area (Å²) in [6.07, 6.45) is 0. The first-order chi connectivity index (χ1) is 9.38. The van der Waals surface area contributed by atoms with Crippen molar-refractivity contribution in [2.24, 2.45) is 0 Å². The van der Waals surface area contributed by atoms with E-state index in [2.05, 4.69) is 5.32 Å². The summed E-state index contributed by atoms with van der Waals surface area (Å²) in [5, 5.41) is 14.2. The summed E-state index contributed by atoms with van der Waals surface area (Å²) in [4.78, 5) is 10.2. The van der Waals surface area contributed by atoms with Crippen LogP contribution in [0.2, 0.25) is 5.02 Å². The Kier molecular flexibility index (Phi) is 3.99. The molecule has 1 N–H and O–H groups in total. The molecule has 0 saturated heterocycles. The maximum atomic E-state index is 10.7. The number of hydrogen-bond acceptors (Lipinski definition) is 4. The summed E-state index contributed by atoms with van der Waals surface area (Å²) in [5.74, 6) is 1.70. The summed E-state index contributed by atoms with van der Waals surface area (Å²) < 4.78 is 5.49. The molecule has 1 aromatic carbocycles. The molecule has 0 bridgehead atoms. The van der Waals surface area contributed by atoms with Gasteiger partial charge in [-0.05, 0) is 32.9 Å². The monoisotopic (exact) mass is 294 g/mol. The summed E-state index contributed by atoms with van der Waals surface area (Å²) in [6.45, 7) is 5.77. The number of nitrogens with one attached hydrogen (secondary N) is 1. The first-order valence-electron chi connectivity index (χ1n) is 6.16. The van der Waals surface area contributed by atoms with Crippen LogP contribution in [0.5, 0.6) is 0 Å². The van der Waals surface area contributed by atoms with Crippen molar-refractivity contribution in [2.45, 2.75) is 26.8 Å². The molecule has 1 aromatic heterocycles. The van der Waals surface area contributed by atoms with Gasteiger partial charge in [-0.25, -0.2) is 0 Å². The minimum atomic E-state index is -0.470. The summed E-state index contributed by atoms with van der Waals surface area (Å²) in [6, 6.07) is 6.33. The third-order valence-electron chi connectivity index (χ3n) is 3.08. The van der Waals surface area contributed by atoms with Crippen molar-refractivity contribution in [3.8, 4) is 0 Å². The van der Waals surface area contributed by atoms with Gasteiger partial charge in [-0.1, -0.05) is 11.6 Å². The van der Waals surface area contributed by atoms with E-state index in [9.17, 15) is 10.1 Å². The molecule has 1 atom stereocenters. The topological polar surface area (TPSA) is 68.3 Å². The van der Waals surface area contributed by atoms with Crippen LogP contribution >= 0.6 is 11.6 Å². The Labute approximate surface area is 121 Å². The number of aryl methyl sites for hydroxylation is 2. The van der Waals surface area contributed by atoms with E-state index < -0.39 is 4.92 Å². The van der Waals surface area contributed by atoms with Crippen LogP contribution in [-0.2, 0) is 0 Å². The maximum Gasteiger partial charge on any atom is 0.271 e. The van der Waals surface area contributed by atoms with Crippen LogP contribution < -0.4 is 5.32 Å². The zero-order chi connectivity index (χ0) is 14.9. The van der Waals surface area contributed by atoms with Crippen LogP contribution in [0, 0.1) is 24.0 Å². The Hall–Kier alpha value is -2.01.